The van der Waals surface area contributed by atoms with Crippen LogP contribution in [0, 0.1) is 0 Å². The van der Waals surface area contributed by atoms with Crippen LogP contribution in [0.3, 0.4) is 0 Å². The zero-order valence-electron chi connectivity index (χ0n) is 12.9. The molecule has 2 saturated heterocycles. The van der Waals surface area contributed by atoms with Crippen LogP contribution in [0.15, 0.2) is 35.4 Å². The summed E-state index contributed by atoms with van der Waals surface area (Å²) < 4.78 is 1.38. The molecule has 3 heterocycles. The Morgan fingerprint density at radius 1 is 1.26 bits per heavy atom. The second-order valence-electron chi connectivity index (χ2n) is 6.57. The van der Waals surface area contributed by atoms with Crippen molar-refractivity contribution < 1.29 is 4.79 Å². The number of carbonyl (C=O) groups excluding carboxylic acids is 1. The number of rotatable bonds is 3. The molecule has 2 N–H and O–H groups in total. The average molecular weight is 312 g/mol. The van der Waals surface area contributed by atoms with Crippen molar-refractivity contribution in [1.82, 2.24) is 20.2 Å². The van der Waals surface area contributed by atoms with E-state index in [1.165, 1.54) is 23.7 Å². The van der Waals surface area contributed by atoms with Crippen LogP contribution in [-0.2, 0) is 11.3 Å². The highest BCUT2D eigenvalue weighted by molar-refractivity contribution is 5.79. The number of piperidine rings is 1. The fraction of sp³-hybridized carbons (Fsp3) is 0.471. The molecule has 4 rings (SSSR count). The number of hydrogen-bond donors (Lipinski definition) is 2. The average Bonchev–Trinajstić information content (AvgIpc) is 2.89. The van der Waals surface area contributed by atoms with Crippen LogP contribution in [0.25, 0.3) is 10.9 Å². The van der Waals surface area contributed by atoms with Gasteiger partial charge >= 0.3 is 0 Å². The second-order valence-corrected chi connectivity index (χ2v) is 6.57. The molecule has 1 aromatic heterocycles. The second kappa shape index (κ2) is 5.77. The number of para-hydroxylation sites is 1. The van der Waals surface area contributed by atoms with Crippen LogP contribution < -0.4 is 16.2 Å². The number of nitrogens with zero attached hydrogens (tertiary/aromatic N) is 2. The fourth-order valence-electron chi connectivity index (χ4n) is 3.82. The lowest BCUT2D eigenvalue weighted by Gasteiger charge is -2.29. The highest BCUT2D eigenvalue weighted by Crippen LogP contribution is 2.26. The molecule has 2 bridgehead atoms. The number of hydrogen-bond acceptors (Lipinski definition) is 4. The maximum Gasteiger partial charge on any atom is 0.261 e. The van der Waals surface area contributed by atoms with Gasteiger partial charge in [-0.3, -0.25) is 14.2 Å². The number of carbonyl (C=O) groups is 1. The summed E-state index contributed by atoms with van der Waals surface area (Å²) in [7, 11) is 0. The Hall–Kier alpha value is -2.21. The number of nitrogens with one attached hydrogen (secondary N) is 2. The van der Waals surface area contributed by atoms with Crippen LogP contribution in [0.4, 0.5) is 0 Å². The third-order valence-electron chi connectivity index (χ3n) is 4.88. The van der Waals surface area contributed by atoms with E-state index >= 15 is 0 Å². The summed E-state index contributed by atoms with van der Waals surface area (Å²) in [6, 6.07) is 8.46. The maximum absolute atomic E-state index is 12.4. The first-order valence-electron chi connectivity index (χ1n) is 8.18. The highest BCUT2D eigenvalue weighted by atomic mass is 16.2. The SMILES string of the molecule is O=C(Cn1cnc2ccccc2c1=O)NC1CC2CCC(C1)N2. The zero-order chi connectivity index (χ0) is 15.8. The molecule has 0 saturated carbocycles. The summed E-state index contributed by atoms with van der Waals surface area (Å²) in [5, 5.41) is 7.18. The lowest BCUT2D eigenvalue weighted by atomic mass is 10.00. The van der Waals surface area contributed by atoms with E-state index in [1.54, 1.807) is 18.2 Å². The van der Waals surface area contributed by atoms with E-state index in [0.717, 1.165) is 12.8 Å². The molecule has 1 amide bonds. The van der Waals surface area contributed by atoms with Crippen molar-refractivity contribution in [2.24, 2.45) is 0 Å². The smallest absolute Gasteiger partial charge is 0.261 e. The standard InChI is InChI=1S/C17H20N4O2/c22-16(20-13-7-11-5-6-12(8-13)19-11)9-21-10-18-15-4-2-1-3-14(15)17(21)23/h1-4,10-13,19H,5-9H2,(H,20,22). The van der Waals surface area contributed by atoms with E-state index in [2.05, 4.69) is 15.6 Å². The molecular formula is C17H20N4O2. The quantitative estimate of drug-likeness (QED) is 0.879. The van der Waals surface area contributed by atoms with Gasteiger partial charge in [-0.25, -0.2) is 4.98 Å². The lowest BCUT2D eigenvalue weighted by molar-refractivity contribution is -0.122. The summed E-state index contributed by atoms with van der Waals surface area (Å²) in [4.78, 5) is 28.9. The van der Waals surface area contributed by atoms with Gasteiger partial charge < -0.3 is 10.6 Å². The third kappa shape index (κ3) is 2.86. The van der Waals surface area contributed by atoms with Crippen LogP contribution in [-0.4, -0.2) is 33.6 Å². The highest BCUT2D eigenvalue weighted by Gasteiger charge is 2.33. The molecule has 2 aliphatic rings. The van der Waals surface area contributed by atoms with Gasteiger partial charge in [-0.15, -0.1) is 0 Å². The molecule has 0 radical (unpaired) electrons. The number of benzene rings is 1. The third-order valence-corrected chi connectivity index (χ3v) is 4.88. The topological polar surface area (TPSA) is 76.0 Å². The lowest BCUT2D eigenvalue weighted by Crippen LogP contribution is -2.49. The van der Waals surface area contributed by atoms with Crippen LogP contribution in [0.1, 0.15) is 25.7 Å². The molecule has 0 spiro atoms. The predicted molar refractivity (Wildman–Crippen MR) is 87.1 cm³/mol. The Morgan fingerprint density at radius 3 is 2.78 bits per heavy atom. The van der Waals surface area contributed by atoms with Gasteiger partial charge in [0.05, 0.1) is 17.2 Å². The van der Waals surface area contributed by atoms with Crippen molar-refractivity contribution in [3.05, 3.63) is 40.9 Å². The minimum atomic E-state index is -0.170. The van der Waals surface area contributed by atoms with Gasteiger partial charge in [-0.1, -0.05) is 12.1 Å². The number of fused-ring (bicyclic) bond motifs is 3. The van der Waals surface area contributed by atoms with Crippen molar-refractivity contribution in [3.8, 4) is 0 Å². The summed E-state index contributed by atoms with van der Waals surface area (Å²) in [6.07, 6.45) is 5.81. The minimum Gasteiger partial charge on any atom is -0.352 e. The van der Waals surface area contributed by atoms with Gasteiger partial charge in [0.25, 0.3) is 5.56 Å². The molecule has 120 valence electrons. The summed E-state index contributed by atoms with van der Waals surface area (Å²) in [5.74, 6) is -0.115. The van der Waals surface area contributed by atoms with Gasteiger partial charge in [0, 0.05) is 18.1 Å². The minimum absolute atomic E-state index is 0.0237. The molecule has 1 aromatic carbocycles. The fourth-order valence-corrected chi connectivity index (χ4v) is 3.82. The summed E-state index contributed by atoms with van der Waals surface area (Å²) in [5.41, 5.74) is 0.486. The van der Waals surface area contributed by atoms with E-state index in [0.29, 0.717) is 23.0 Å². The number of amides is 1. The summed E-state index contributed by atoms with van der Waals surface area (Å²) >= 11 is 0. The van der Waals surface area contributed by atoms with E-state index in [9.17, 15) is 9.59 Å². The molecule has 6 heteroatoms. The van der Waals surface area contributed by atoms with Gasteiger partial charge in [-0.2, -0.15) is 0 Å². The monoisotopic (exact) mass is 312 g/mol. The Balaban J connectivity index is 1.46. The Morgan fingerprint density at radius 2 is 2.00 bits per heavy atom. The predicted octanol–water partition coefficient (Wildman–Crippen LogP) is 0.796. The normalized spacial score (nSPS) is 26.3. The van der Waals surface area contributed by atoms with E-state index in [4.69, 9.17) is 0 Å². The molecule has 23 heavy (non-hydrogen) atoms. The van der Waals surface area contributed by atoms with Crippen molar-refractivity contribution >= 4 is 16.8 Å². The molecule has 2 fully saturated rings. The first kappa shape index (κ1) is 14.4. The first-order chi connectivity index (χ1) is 11.2. The largest absolute Gasteiger partial charge is 0.352 e. The maximum atomic E-state index is 12.4. The molecule has 0 aliphatic carbocycles. The van der Waals surface area contributed by atoms with E-state index in [-0.39, 0.29) is 24.1 Å². The van der Waals surface area contributed by atoms with Crippen LogP contribution in [0.2, 0.25) is 0 Å². The molecule has 6 nitrogen and oxygen atoms in total. The van der Waals surface area contributed by atoms with Crippen molar-refractivity contribution in [2.45, 2.75) is 50.4 Å². The zero-order valence-corrected chi connectivity index (χ0v) is 12.9. The van der Waals surface area contributed by atoms with E-state index in [1.807, 2.05) is 6.07 Å². The molecule has 2 aliphatic heterocycles. The van der Waals surface area contributed by atoms with E-state index < -0.39 is 0 Å². The molecule has 2 aromatic rings. The molecule has 2 unspecified atom stereocenters. The van der Waals surface area contributed by atoms with Crippen molar-refractivity contribution in [2.75, 3.05) is 0 Å². The van der Waals surface area contributed by atoms with Crippen LogP contribution in [0.5, 0.6) is 0 Å². The van der Waals surface area contributed by atoms with Gasteiger partial charge in [0.15, 0.2) is 0 Å². The Kier molecular flexibility index (Phi) is 3.61. The molecular weight excluding hydrogens is 292 g/mol. The Bertz CT molecular complexity index is 789. The Labute approximate surface area is 133 Å². The van der Waals surface area contributed by atoms with Gasteiger partial charge in [0.1, 0.15) is 6.54 Å². The van der Waals surface area contributed by atoms with Crippen LogP contribution >= 0.6 is 0 Å². The van der Waals surface area contributed by atoms with Crippen molar-refractivity contribution in [1.29, 1.82) is 0 Å². The first-order valence-corrected chi connectivity index (χ1v) is 8.18. The van der Waals surface area contributed by atoms with Gasteiger partial charge in [0.2, 0.25) is 5.91 Å². The number of aromatic nitrogens is 2. The summed E-state index contributed by atoms with van der Waals surface area (Å²) in [6.45, 7) is 0.0237. The van der Waals surface area contributed by atoms with Crippen molar-refractivity contribution in [3.63, 3.8) is 0 Å². The van der Waals surface area contributed by atoms with Gasteiger partial charge in [-0.05, 0) is 37.8 Å². The molecule has 2 atom stereocenters.